The molecule has 0 aliphatic carbocycles. The molecule has 0 bridgehead atoms. The van der Waals surface area contributed by atoms with Crippen LogP contribution in [0.5, 0.6) is 0 Å². The number of hydrogen-bond acceptors (Lipinski definition) is 7. The van der Waals surface area contributed by atoms with E-state index in [-0.39, 0.29) is 18.1 Å². The molecule has 3 heterocycles. The fourth-order valence-electron chi connectivity index (χ4n) is 3.21. The molecule has 3 rings (SSSR count). The zero-order valence-electron chi connectivity index (χ0n) is 11.0. The van der Waals surface area contributed by atoms with Gasteiger partial charge in [-0.2, -0.15) is 0 Å². The minimum Gasteiger partial charge on any atom is -0.395 e. The standard InChI is InChI=1S/C12H18N4O4/c1-12(20)9(16-6(3-17)10(12)18)5-2-13-8-7(5)14-4-15-11(8)19/h4-6,9-10,13,16-18,20H,2-3H2,1H3,(H,14,15,19)/t5?,6-,9+,10-,12+/m1/s1. The largest absolute Gasteiger partial charge is 0.395 e. The summed E-state index contributed by atoms with van der Waals surface area (Å²) in [4.78, 5) is 18.4. The van der Waals surface area contributed by atoms with Gasteiger partial charge in [-0.25, -0.2) is 4.98 Å². The van der Waals surface area contributed by atoms with Crippen LogP contribution in [0.4, 0.5) is 5.69 Å². The first kappa shape index (κ1) is 13.5. The normalized spacial score (nSPS) is 39.6. The van der Waals surface area contributed by atoms with Gasteiger partial charge in [0.15, 0.2) is 0 Å². The Kier molecular flexibility index (Phi) is 3.05. The summed E-state index contributed by atoms with van der Waals surface area (Å²) in [5, 5.41) is 35.9. The maximum absolute atomic E-state index is 11.7. The Bertz CT molecular complexity index is 573. The van der Waals surface area contributed by atoms with E-state index < -0.39 is 23.8 Å². The SMILES string of the molecule is C[C@@]1(O)[C@H](O)[C@@H](CO)N[C@H]1C1CNc2c1nc[nH]c2=O. The Morgan fingerprint density at radius 3 is 2.95 bits per heavy atom. The van der Waals surface area contributed by atoms with Crippen molar-refractivity contribution in [3.63, 3.8) is 0 Å². The van der Waals surface area contributed by atoms with E-state index >= 15 is 0 Å². The number of nitrogens with one attached hydrogen (secondary N) is 3. The number of anilines is 1. The van der Waals surface area contributed by atoms with Gasteiger partial charge < -0.3 is 30.9 Å². The summed E-state index contributed by atoms with van der Waals surface area (Å²) >= 11 is 0. The van der Waals surface area contributed by atoms with Crippen LogP contribution in [-0.4, -0.2) is 62.2 Å². The molecule has 1 aromatic rings. The van der Waals surface area contributed by atoms with Crippen molar-refractivity contribution in [2.24, 2.45) is 0 Å². The smallest absolute Gasteiger partial charge is 0.274 e. The highest BCUT2D eigenvalue weighted by atomic mass is 16.3. The van der Waals surface area contributed by atoms with Crippen LogP contribution in [0.3, 0.4) is 0 Å². The Labute approximate surface area is 114 Å². The fraction of sp³-hybridized carbons (Fsp3) is 0.667. The maximum atomic E-state index is 11.7. The Morgan fingerprint density at radius 1 is 1.55 bits per heavy atom. The second-order valence-corrected chi connectivity index (χ2v) is 5.58. The van der Waals surface area contributed by atoms with E-state index in [1.54, 1.807) is 0 Å². The third-order valence-corrected chi connectivity index (χ3v) is 4.33. The molecule has 0 aromatic carbocycles. The van der Waals surface area contributed by atoms with Gasteiger partial charge in [-0.3, -0.25) is 4.79 Å². The first-order valence-electron chi connectivity index (χ1n) is 6.55. The van der Waals surface area contributed by atoms with E-state index in [4.69, 9.17) is 0 Å². The number of aliphatic hydroxyl groups excluding tert-OH is 2. The van der Waals surface area contributed by atoms with Crippen molar-refractivity contribution in [3.05, 3.63) is 22.4 Å². The average Bonchev–Trinajstić information content (AvgIpc) is 2.92. The summed E-state index contributed by atoms with van der Waals surface area (Å²) in [6.07, 6.45) is 0.244. The summed E-state index contributed by atoms with van der Waals surface area (Å²) in [5.74, 6) is -0.256. The summed E-state index contributed by atoms with van der Waals surface area (Å²) < 4.78 is 0. The molecule has 110 valence electrons. The highest BCUT2D eigenvalue weighted by molar-refractivity contribution is 5.53. The first-order valence-corrected chi connectivity index (χ1v) is 6.55. The third kappa shape index (κ3) is 1.76. The van der Waals surface area contributed by atoms with Crippen molar-refractivity contribution in [1.82, 2.24) is 15.3 Å². The molecule has 0 amide bonds. The number of rotatable bonds is 2. The molecule has 1 aromatic heterocycles. The topological polar surface area (TPSA) is 130 Å². The molecule has 2 aliphatic heterocycles. The number of aromatic nitrogens is 2. The van der Waals surface area contributed by atoms with Gasteiger partial charge in [0.1, 0.15) is 17.4 Å². The number of nitrogens with zero attached hydrogens (tertiary/aromatic N) is 1. The third-order valence-electron chi connectivity index (χ3n) is 4.33. The molecule has 1 unspecified atom stereocenters. The maximum Gasteiger partial charge on any atom is 0.274 e. The van der Waals surface area contributed by atoms with Gasteiger partial charge in [0.25, 0.3) is 5.56 Å². The molecular formula is C12H18N4O4. The molecule has 20 heavy (non-hydrogen) atoms. The van der Waals surface area contributed by atoms with Gasteiger partial charge in [0, 0.05) is 18.5 Å². The zero-order chi connectivity index (χ0) is 14.5. The molecule has 6 N–H and O–H groups in total. The van der Waals surface area contributed by atoms with Crippen molar-refractivity contribution in [2.75, 3.05) is 18.5 Å². The highest BCUT2D eigenvalue weighted by Crippen LogP contribution is 2.38. The van der Waals surface area contributed by atoms with Crippen LogP contribution in [0, 0.1) is 0 Å². The van der Waals surface area contributed by atoms with Crippen LogP contribution >= 0.6 is 0 Å². The van der Waals surface area contributed by atoms with Crippen LogP contribution in [-0.2, 0) is 0 Å². The zero-order valence-corrected chi connectivity index (χ0v) is 11.0. The fourth-order valence-corrected chi connectivity index (χ4v) is 3.21. The summed E-state index contributed by atoms with van der Waals surface area (Å²) in [5.41, 5.74) is -0.699. The molecule has 0 radical (unpaired) electrons. The molecule has 1 fully saturated rings. The molecule has 0 saturated carbocycles. The number of aromatic amines is 1. The van der Waals surface area contributed by atoms with E-state index in [2.05, 4.69) is 20.6 Å². The molecule has 0 spiro atoms. The van der Waals surface area contributed by atoms with Gasteiger partial charge in [-0.05, 0) is 6.92 Å². The van der Waals surface area contributed by atoms with E-state index in [0.717, 1.165) is 0 Å². The van der Waals surface area contributed by atoms with Crippen molar-refractivity contribution in [2.45, 2.75) is 36.6 Å². The number of H-pyrrole nitrogens is 1. The van der Waals surface area contributed by atoms with Crippen molar-refractivity contribution in [1.29, 1.82) is 0 Å². The summed E-state index contributed by atoms with van der Waals surface area (Å²) in [6, 6.07) is -1.10. The van der Waals surface area contributed by atoms with Crippen molar-refractivity contribution < 1.29 is 15.3 Å². The summed E-state index contributed by atoms with van der Waals surface area (Å²) in [6.45, 7) is 1.69. The second kappa shape index (κ2) is 4.52. The van der Waals surface area contributed by atoms with Gasteiger partial charge >= 0.3 is 0 Å². The molecule has 1 saturated heterocycles. The minimum atomic E-state index is -1.41. The number of hydrogen-bond donors (Lipinski definition) is 6. The Morgan fingerprint density at radius 2 is 2.30 bits per heavy atom. The van der Waals surface area contributed by atoms with Crippen molar-refractivity contribution in [3.8, 4) is 0 Å². The van der Waals surface area contributed by atoms with E-state index in [9.17, 15) is 20.1 Å². The lowest BCUT2D eigenvalue weighted by Crippen LogP contribution is -2.49. The van der Waals surface area contributed by atoms with Gasteiger partial charge in [0.05, 0.1) is 24.7 Å². The lowest BCUT2D eigenvalue weighted by atomic mass is 9.84. The molecule has 2 aliphatic rings. The Hall–Kier alpha value is -1.48. The molecule has 8 heteroatoms. The second-order valence-electron chi connectivity index (χ2n) is 5.58. The van der Waals surface area contributed by atoms with Crippen LogP contribution in [0.15, 0.2) is 11.1 Å². The van der Waals surface area contributed by atoms with Crippen LogP contribution < -0.4 is 16.2 Å². The minimum absolute atomic E-state index is 0.255. The van der Waals surface area contributed by atoms with Crippen LogP contribution in [0.2, 0.25) is 0 Å². The van der Waals surface area contributed by atoms with Gasteiger partial charge in [-0.15, -0.1) is 0 Å². The predicted molar refractivity (Wildman–Crippen MR) is 70.5 cm³/mol. The Balaban J connectivity index is 1.97. The summed E-state index contributed by atoms with van der Waals surface area (Å²) in [7, 11) is 0. The van der Waals surface area contributed by atoms with Gasteiger partial charge in [0.2, 0.25) is 0 Å². The predicted octanol–water partition coefficient (Wildman–Crippen LogP) is -2.28. The molecular weight excluding hydrogens is 264 g/mol. The average molecular weight is 282 g/mol. The van der Waals surface area contributed by atoms with E-state index in [1.807, 2.05) is 0 Å². The molecule has 5 atom stereocenters. The van der Waals surface area contributed by atoms with E-state index in [1.165, 1.54) is 13.3 Å². The van der Waals surface area contributed by atoms with Crippen LogP contribution in [0.25, 0.3) is 0 Å². The van der Waals surface area contributed by atoms with E-state index in [0.29, 0.717) is 17.9 Å². The number of fused-ring (bicyclic) bond motifs is 1. The lowest BCUT2D eigenvalue weighted by molar-refractivity contribution is -0.0601. The highest BCUT2D eigenvalue weighted by Gasteiger charge is 2.54. The monoisotopic (exact) mass is 282 g/mol. The quantitative estimate of drug-likeness (QED) is 0.360. The van der Waals surface area contributed by atoms with Crippen molar-refractivity contribution >= 4 is 5.69 Å². The number of aliphatic hydroxyl groups is 3. The lowest BCUT2D eigenvalue weighted by Gasteiger charge is -2.31. The molecule has 8 nitrogen and oxygen atoms in total. The van der Waals surface area contributed by atoms with Gasteiger partial charge in [-0.1, -0.05) is 0 Å². The van der Waals surface area contributed by atoms with Crippen LogP contribution in [0.1, 0.15) is 18.5 Å². The first-order chi connectivity index (χ1) is 9.46.